The quantitative estimate of drug-likeness (QED) is 0.590. The smallest absolute Gasteiger partial charge is 0.256 e. The molecule has 0 spiro atoms. The van der Waals surface area contributed by atoms with Gasteiger partial charge in [-0.25, -0.2) is 0 Å². The zero-order valence-corrected chi connectivity index (χ0v) is 11.6. The van der Waals surface area contributed by atoms with Crippen molar-refractivity contribution in [3.63, 3.8) is 0 Å². The monoisotopic (exact) mass is 281 g/mol. The van der Waals surface area contributed by atoms with Crippen molar-refractivity contribution in [3.05, 3.63) is 35.4 Å². The van der Waals surface area contributed by atoms with Crippen LogP contribution in [0, 0.1) is 0 Å². The van der Waals surface area contributed by atoms with E-state index >= 15 is 0 Å². The number of carbonyl (C=O) groups is 1. The molecule has 0 fully saturated rings. The van der Waals surface area contributed by atoms with Crippen LogP contribution in [-0.2, 0) is 14.2 Å². The molecule has 1 heterocycles. The lowest BCUT2D eigenvalue weighted by atomic mass is 10.1. The molecule has 1 atom stereocenters. The van der Waals surface area contributed by atoms with E-state index < -0.39 is 12.5 Å². The number of fused-ring (bicyclic) bond motifs is 1. The van der Waals surface area contributed by atoms with Crippen LogP contribution in [0.2, 0.25) is 0 Å². The fourth-order valence-electron chi connectivity index (χ4n) is 2.15. The van der Waals surface area contributed by atoms with Crippen molar-refractivity contribution in [3.8, 4) is 0 Å². The third-order valence-electron chi connectivity index (χ3n) is 3.28. The molecular formula is C14H19NO5. The second kappa shape index (κ2) is 6.81. The van der Waals surface area contributed by atoms with Gasteiger partial charge in [0.15, 0.2) is 12.5 Å². The summed E-state index contributed by atoms with van der Waals surface area (Å²) < 4.78 is 15.4. The number of nitrogens with zero attached hydrogens (tertiary/aromatic N) is 1. The van der Waals surface area contributed by atoms with Crippen molar-refractivity contribution >= 4 is 5.91 Å². The average Bonchev–Trinajstić information content (AvgIpc) is 2.72. The van der Waals surface area contributed by atoms with Crippen LogP contribution < -0.4 is 0 Å². The molecule has 1 N–H and O–H groups in total. The van der Waals surface area contributed by atoms with Gasteiger partial charge in [-0.15, -0.1) is 0 Å². The van der Waals surface area contributed by atoms with E-state index in [0.29, 0.717) is 24.3 Å². The van der Waals surface area contributed by atoms with Gasteiger partial charge in [-0.2, -0.15) is 0 Å². The van der Waals surface area contributed by atoms with E-state index in [2.05, 4.69) is 0 Å². The molecule has 1 aliphatic rings. The molecule has 2 rings (SSSR count). The van der Waals surface area contributed by atoms with E-state index in [4.69, 9.17) is 14.2 Å². The number of hydrogen-bond donors (Lipinski definition) is 1. The van der Waals surface area contributed by atoms with Gasteiger partial charge in [0.2, 0.25) is 0 Å². The fraction of sp³-hybridized carbons (Fsp3) is 0.500. The number of methoxy groups -OCH3 is 2. The van der Waals surface area contributed by atoms with Crippen molar-refractivity contribution in [2.24, 2.45) is 0 Å². The van der Waals surface area contributed by atoms with Crippen LogP contribution >= 0.6 is 0 Å². The summed E-state index contributed by atoms with van der Waals surface area (Å²) >= 11 is 0. The molecule has 0 saturated carbocycles. The predicted molar refractivity (Wildman–Crippen MR) is 71.1 cm³/mol. The fourth-order valence-corrected chi connectivity index (χ4v) is 2.15. The molecule has 0 bridgehead atoms. The van der Waals surface area contributed by atoms with Gasteiger partial charge in [-0.1, -0.05) is 18.2 Å². The van der Waals surface area contributed by atoms with Crippen LogP contribution in [0.3, 0.4) is 0 Å². The maximum absolute atomic E-state index is 12.1. The molecule has 1 amide bonds. The van der Waals surface area contributed by atoms with Crippen molar-refractivity contribution in [1.82, 2.24) is 4.90 Å². The highest BCUT2D eigenvalue weighted by atomic mass is 16.7. The minimum Gasteiger partial charge on any atom is -0.374 e. The topological polar surface area (TPSA) is 68.2 Å². The Morgan fingerprint density at radius 1 is 1.30 bits per heavy atom. The maximum atomic E-state index is 12.1. The second-order valence-electron chi connectivity index (χ2n) is 4.44. The molecular weight excluding hydrogens is 262 g/mol. The Labute approximate surface area is 117 Å². The minimum atomic E-state index is -0.900. The van der Waals surface area contributed by atoms with Crippen molar-refractivity contribution < 1.29 is 24.1 Å². The second-order valence-corrected chi connectivity index (χ2v) is 4.44. The Morgan fingerprint density at radius 2 is 2.00 bits per heavy atom. The van der Waals surface area contributed by atoms with Gasteiger partial charge in [-0.3, -0.25) is 4.79 Å². The molecule has 0 radical (unpaired) electrons. The van der Waals surface area contributed by atoms with E-state index in [1.807, 2.05) is 0 Å². The summed E-state index contributed by atoms with van der Waals surface area (Å²) in [6.07, 6.45) is -1.32. The van der Waals surface area contributed by atoms with Crippen LogP contribution in [0.4, 0.5) is 0 Å². The Kier molecular flexibility index (Phi) is 5.08. The molecule has 1 aliphatic heterocycles. The van der Waals surface area contributed by atoms with Crippen LogP contribution in [0.1, 0.15) is 22.1 Å². The van der Waals surface area contributed by atoms with E-state index in [0.717, 1.165) is 0 Å². The highest BCUT2D eigenvalue weighted by molar-refractivity contribution is 5.98. The molecule has 0 aliphatic carbocycles. The molecule has 6 nitrogen and oxygen atoms in total. The summed E-state index contributed by atoms with van der Waals surface area (Å²) in [7, 11) is 3.06. The lowest BCUT2D eigenvalue weighted by molar-refractivity contribution is -0.141. The standard InChI is InChI=1S/C14H19NO5/c1-18-12(19-2)9-20-8-7-15-13(16)10-5-3-4-6-11(10)14(15)17/h3-6,12-13,16H,7-9H2,1-2H3. The molecule has 110 valence electrons. The summed E-state index contributed by atoms with van der Waals surface area (Å²) in [5, 5.41) is 10.1. The summed E-state index contributed by atoms with van der Waals surface area (Å²) in [5.74, 6) is -0.174. The van der Waals surface area contributed by atoms with Crippen LogP contribution in [0.5, 0.6) is 0 Å². The van der Waals surface area contributed by atoms with Gasteiger partial charge in [0.1, 0.15) is 0 Å². The van der Waals surface area contributed by atoms with E-state index in [9.17, 15) is 9.90 Å². The summed E-state index contributed by atoms with van der Waals surface area (Å²) in [6.45, 7) is 0.896. The van der Waals surface area contributed by atoms with Crippen molar-refractivity contribution in [1.29, 1.82) is 0 Å². The van der Waals surface area contributed by atoms with Crippen molar-refractivity contribution in [2.75, 3.05) is 34.0 Å². The van der Waals surface area contributed by atoms with Crippen LogP contribution in [0.25, 0.3) is 0 Å². The molecule has 0 saturated heterocycles. The third-order valence-corrected chi connectivity index (χ3v) is 3.28. The normalized spacial score (nSPS) is 17.9. The molecule has 6 heteroatoms. The number of benzene rings is 1. The number of aliphatic hydroxyl groups is 1. The van der Waals surface area contributed by atoms with Crippen molar-refractivity contribution in [2.45, 2.75) is 12.5 Å². The van der Waals surface area contributed by atoms with Crippen LogP contribution in [0.15, 0.2) is 24.3 Å². The number of aliphatic hydroxyl groups excluding tert-OH is 1. The highest BCUT2D eigenvalue weighted by Gasteiger charge is 2.34. The number of carbonyl (C=O) groups excluding carboxylic acids is 1. The Bertz CT molecular complexity index is 461. The number of ether oxygens (including phenoxy) is 3. The maximum Gasteiger partial charge on any atom is 0.256 e. The lowest BCUT2D eigenvalue weighted by Crippen LogP contribution is -2.32. The zero-order chi connectivity index (χ0) is 14.5. The molecule has 20 heavy (non-hydrogen) atoms. The SMILES string of the molecule is COC(COCCN1C(=O)c2ccccc2C1O)OC. The first-order valence-electron chi connectivity index (χ1n) is 6.40. The first-order valence-corrected chi connectivity index (χ1v) is 6.40. The largest absolute Gasteiger partial charge is 0.374 e. The number of rotatable bonds is 7. The van der Waals surface area contributed by atoms with Gasteiger partial charge < -0.3 is 24.2 Å². The van der Waals surface area contributed by atoms with E-state index in [1.165, 1.54) is 19.1 Å². The summed E-state index contributed by atoms with van der Waals surface area (Å²) in [6, 6.07) is 7.06. The van der Waals surface area contributed by atoms with Gasteiger partial charge in [-0.05, 0) is 6.07 Å². The third kappa shape index (κ3) is 2.99. The predicted octanol–water partition coefficient (Wildman–Crippen LogP) is 0.769. The highest BCUT2D eigenvalue weighted by Crippen LogP contribution is 2.30. The molecule has 0 aromatic heterocycles. The van der Waals surface area contributed by atoms with Gasteiger partial charge in [0, 0.05) is 31.9 Å². The van der Waals surface area contributed by atoms with Gasteiger partial charge >= 0.3 is 0 Å². The minimum absolute atomic E-state index is 0.174. The average molecular weight is 281 g/mol. The molecule has 1 unspecified atom stereocenters. The lowest BCUT2D eigenvalue weighted by Gasteiger charge is -2.21. The first-order chi connectivity index (χ1) is 9.69. The van der Waals surface area contributed by atoms with E-state index in [1.54, 1.807) is 24.3 Å². The molecule has 1 aromatic rings. The Hall–Kier alpha value is -1.47. The molecule has 1 aromatic carbocycles. The van der Waals surface area contributed by atoms with Gasteiger partial charge in [0.25, 0.3) is 5.91 Å². The zero-order valence-electron chi connectivity index (χ0n) is 11.6. The number of amides is 1. The van der Waals surface area contributed by atoms with Gasteiger partial charge in [0.05, 0.1) is 13.2 Å². The summed E-state index contributed by atoms with van der Waals surface area (Å²) in [5.41, 5.74) is 1.19. The first kappa shape index (κ1) is 14.9. The van der Waals surface area contributed by atoms with Crippen LogP contribution in [-0.4, -0.2) is 56.2 Å². The number of hydrogen-bond acceptors (Lipinski definition) is 5. The Balaban J connectivity index is 1.85. The Morgan fingerprint density at radius 3 is 2.65 bits per heavy atom. The van der Waals surface area contributed by atoms with E-state index in [-0.39, 0.29) is 12.5 Å². The summed E-state index contributed by atoms with van der Waals surface area (Å²) in [4.78, 5) is 13.5.